The van der Waals surface area contributed by atoms with Gasteiger partial charge < -0.3 is 21.5 Å². The van der Waals surface area contributed by atoms with Gasteiger partial charge in [-0.25, -0.2) is 0 Å². The highest BCUT2D eigenvalue weighted by atomic mass is 16.3. The molecule has 2 aromatic carbocycles. The molecule has 0 radical (unpaired) electrons. The Labute approximate surface area is 216 Å². The molecule has 37 heavy (non-hydrogen) atoms. The Hall–Kier alpha value is -4.32. The molecule has 1 heterocycles. The molecule has 0 aliphatic rings. The van der Waals surface area contributed by atoms with E-state index in [0.717, 1.165) is 24.8 Å². The van der Waals surface area contributed by atoms with Gasteiger partial charge >= 0.3 is 0 Å². The number of aliphatic hydroxyl groups is 1. The molecule has 0 unspecified atom stereocenters. The second kappa shape index (κ2) is 14.3. The van der Waals surface area contributed by atoms with Crippen LogP contribution in [0.15, 0.2) is 73.1 Å². The highest BCUT2D eigenvalue weighted by Crippen LogP contribution is 2.12. The summed E-state index contributed by atoms with van der Waals surface area (Å²) in [4.78, 5) is 40.2. The predicted molar refractivity (Wildman–Crippen MR) is 142 cm³/mol. The number of nitrogens with zero attached hydrogens (tertiary/aromatic N) is 1. The van der Waals surface area contributed by atoms with Gasteiger partial charge in [0.2, 0.25) is 5.91 Å². The second-order valence-corrected chi connectivity index (χ2v) is 8.41. The van der Waals surface area contributed by atoms with Gasteiger partial charge in [0.1, 0.15) is 12.6 Å². The number of aliphatic hydroxyl groups excluding tert-OH is 1. The van der Waals surface area contributed by atoms with Crippen LogP contribution < -0.4 is 16.4 Å². The molecular formula is C29H30N4O4. The zero-order valence-electron chi connectivity index (χ0n) is 20.4. The van der Waals surface area contributed by atoms with E-state index in [-0.39, 0.29) is 12.5 Å². The van der Waals surface area contributed by atoms with Crippen LogP contribution >= 0.6 is 0 Å². The molecule has 0 saturated heterocycles. The number of aromatic nitrogens is 1. The molecule has 2 amide bonds. The van der Waals surface area contributed by atoms with Crippen LogP contribution in [0.5, 0.6) is 0 Å². The molecule has 8 heteroatoms. The molecule has 3 rings (SSSR count). The summed E-state index contributed by atoms with van der Waals surface area (Å²) in [6.07, 6.45) is 6.70. The third-order valence-corrected chi connectivity index (χ3v) is 5.59. The van der Waals surface area contributed by atoms with Crippen molar-refractivity contribution in [2.24, 2.45) is 5.73 Å². The first kappa shape index (κ1) is 27.3. The largest absolute Gasteiger partial charge is 0.388 e. The lowest BCUT2D eigenvalue weighted by Gasteiger charge is -2.14. The number of anilines is 1. The topological polar surface area (TPSA) is 134 Å². The first-order chi connectivity index (χ1) is 18.0. The average Bonchev–Trinajstić information content (AvgIpc) is 2.94. The van der Waals surface area contributed by atoms with E-state index in [1.165, 1.54) is 5.56 Å². The van der Waals surface area contributed by atoms with Gasteiger partial charge in [0, 0.05) is 47.7 Å². The Morgan fingerprint density at radius 3 is 2.22 bits per heavy atom. The highest BCUT2D eigenvalue weighted by molar-refractivity contribution is 5.98. The molecule has 0 fully saturated rings. The van der Waals surface area contributed by atoms with Crippen LogP contribution in [0.25, 0.3) is 0 Å². The molecule has 0 spiro atoms. The SMILES string of the molecule is NC[C@H](NC(=O)c1ccc(C#Cc2ccc(NC(=O)CCCCc3cccnc3)cc2)cc1)C(=O)CO. The molecule has 0 aliphatic heterocycles. The summed E-state index contributed by atoms with van der Waals surface area (Å²) in [6.45, 7) is -0.776. The van der Waals surface area contributed by atoms with Gasteiger partial charge in [-0.15, -0.1) is 0 Å². The van der Waals surface area contributed by atoms with Crippen molar-refractivity contribution in [3.63, 3.8) is 0 Å². The fourth-order valence-corrected chi connectivity index (χ4v) is 3.49. The number of benzene rings is 2. The van der Waals surface area contributed by atoms with Crippen molar-refractivity contribution in [1.82, 2.24) is 10.3 Å². The van der Waals surface area contributed by atoms with Gasteiger partial charge in [0.25, 0.3) is 5.91 Å². The van der Waals surface area contributed by atoms with E-state index >= 15 is 0 Å². The molecule has 5 N–H and O–H groups in total. The number of nitrogens with two attached hydrogens (primary N) is 1. The Kier molecular flexibility index (Phi) is 10.5. The van der Waals surface area contributed by atoms with E-state index in [0.29, 0.717) is 23.2 Å². The number of nitrogens with one attached hydrogen (secondary N) is 2. The fraction of sp³-hybridized carbons (Fsp3) is 0.241. The summed E-state index contributed by atoms with van der Waals surface area (Å²) in [6, 6.07) is 16.9. The number of hydrogen-bond acceptors (Lipinski definition) is 6. The molecule has 8 nitrogen and oxygen atoms in total. The molecule has 0 aliphatic carbocycles. The summed E-state index contributed by atoms with van der Waals surface area (Å²) in [5.41, 5.74) is 9.22. The first-order valence-electron chi connectivity index (χ1n) is 12.0. The minimum atomic E-state index is -0.929. The van der Waals surface area contributed by atoms with E-state index in [1.807, 2.05) is 42.6 Å². The number of unbranched alkanes of at least 4 members (excludes halogenated alkanes) is 1. The van der Waals surface area contributed by atoms with E-state index in [2.05, 4.69) is 27.5 Å². The van der Waals surface area contributed by atoms with Crippen LogP contribution in [-0.4, -0.2) is 46.9 Å². The minimum Gasteiger partial charge on any atom is -0.388 e. The van der Waals surface area contributed by atoms with Crippen molar-refractivity contribution in [3.8, 4) is 11.8 Å². The van der Waals surface area contributed by atoms with Gasteiger partial charge in [-0.1, -0.05) is 17.9 Å². The monoisotopic (exact) mass is 498 g/mol. The van der Waals surface area contributed by atoms with Crippen molar-refractivity contribution in [1.29, 1.82) is 0 Å². The smallest absolute Gasteiger partial charge is 0.251 e. The van der Waals surface area contributed by atoms with Crippen LogP contribution in [0.2, 0.25) is 0 Å². The lowest BCUT2D eigenvalue weighted by atomic mass is 10.1. The zero-order valence-corrected chi connectivity index (χ0v) is 20.4. The fourth-order valence-electron chi connectivity index (χ4n) is 3.49. The lowest BCUT2D eigenvalue weighted by Crippen LogP contribution is -2.46. The standard InChI is InChI=1S/C29H30N4O4/c30-18-26(27(35)20-34)33-29(37)24-13-9-21(10-14-24)7-8-22-11-15-25(16-12-22)32-28(36)6-2-1-4-23-5-3-17-31-19-23/h3,5,9-17,19,26,34H,1-2,4,6,18,20,30H2,(H,32,36)(H,33,37)/t26-/m0/s1. The third kappa shape index (κ3) is 9.00. The van der Waals surface area contributed by atoms with Crippen LogP contribution in [0.4, 0.5) is 5.69 Å². The zero-order chi connectivity index (χ0) is 26.5. The quantitative estimate of drug-likeness (QED) is 0.237. The summed E-state index contributed by atoms with van der Waals surface area (Å²) < 4.78 is 0. The van der Waals surface area contributed by atoms with E-state index in [4.69, 9.17) is 10.8 Å². The summed E-state index contributed by atoms with van der Waals surface area (Å²) in [7, 11) is 0. The van der Waals surface area contributed by atoms with Gasteiger partial charge in [0.15, 0.2) is 5.78 Å². The summed E-state index contributed by atoms with van der Waals surface area (Å²) in [5, 5.41) is 14.4. The van der Waals surface area contributed by atoms with Gasteiger partial charge in [-0.3, -0.25) is 19.4 Å². The number of pyridine rings is 1. The van der Waals surface area contributed by atoms with Crippen molar-refractivity contribution in [3.05, 3.63) is 95.3 Å². The molecular weight excluding hydrogens is 468 g/mol. The van der Waals surface area contributed by atoms with Crippen molar-refractivity contribution in [2.75, 3.05) is 18.5 Å². The minimum absolute atomic E-state index is 0.0207. The van der Waals surface area contributed by atoms with Crippen molar-refractivity contribution >= 4 is 23.3 Å². The van der Waals surface area contributed by atoms with Gasteiger partial charge in [-0.2, -0.15) is 0 Å². The lowest BCUT2D eigenvalue weighted by molar-refractivity contribution is -0.123. The maximum absolute atomic E-state index is 12.3. The number of rotatable bonds is 11. The molecule has 1 aromatic heterocycles. The number of amides is 2. The second-order valence-electron chi connectivity index (χ2n) is 8.41. The molecule has 0 bridgehead atoms. The average molecular weight is 499 g/mol. The first-order valence-corrected chi connectivity index (χ1v) is 12.0. The van der Waals surface area contributed by atoms with Crippen LogP contribution in [0.1, 0.15) is 46.3 Å². The number of carbonyl (C=O) groups excluding carboxylic acids is 3. The Morgan fingerprint density at radius 2 is 1.62 bits per heavy atom. The van der Waals surface area contributed by atoms with Crippen molar-refractivity contribution < 1.29 is 19.5 Å². The predicted octanol–water partition coefficient (Wildman–Crippen LogP) is 2.45. The summed E-state index contributed by atoms with van der Waals surface area (Å²) in [5.74, 6) is 5.07. The Bertz CT molecular complexity index is 1250. The maximum Gasteiger partial charge on any atom is 0.251 e. The summed E-state index contributed by atoms with van der Waals surface area (Å²) >= 11 is 0. The number of Topliss-reactive ketones (excluding diaryl/α,β-unsaturated/α-hetero) is 1. The Balaban J connectivity index is 1.46. The molecule has 190 valence electrons. The Morgan fingerprint density at radius 1 is 0.946 bits per heavy atom. The number of aryl methyl sites for hydroxylation is 1. The number of hydrogen-bond donors (Lipinski definition) is 4. The van der Waals surface area contributed by atoms with Crippen LogP contribution in [-0.2, 0) is 16.0 Å². The highest BCUT2D eigenvalue weighted by Gasteiger charge is 2.18. The maximum atomic E-state index is 12.3. The van der Waals surface area contributed by atoms with Crippen molar-refractivity contribution in [2.45, 2.75) is 31.7 Å². The van der Waals surface area contributed by atoms with E-state index < -0.39 is 24.3 Å². The number of ketones is 1. The molecule has 1 atom stereocenters. The van der Waals surface area contributed by atoms with Gasteiger partial charge in [-0.05, 0) is 79.4 Å². The molecule has 3 aromatic rings. The van der Waals surface area contributed by atoms with Crippen LogP contribution in [0.3, 0.4) is 0 Å². The third-order valence-electron chi connectivity index (χ3n) is 5.59. The van der Waals surface area contributed by atoms with E-state index in [9.17, 15) is 14.4 Å². The van der Waals surface area contributed by atoms with Crippen LogP contribution in [0, 0.1) is 11.8 Å². The normalized spacial score (nSPS) is 11.1. The van der Waals surface area contributed by atoms with E-state index in [1.54, 1.807) is 30.5 Å². The molecule has 0 saturated carbocycles. The number of carbonyl (C=O) groups is 3. The van der Waals surface area contributed by atoms with Gasteiger partial charge in [0.05, 0.1) is 0 Å².